The topological polar surface area (TPSA) is 18.5 Å². The molecular weight excluding hydrogens is 287 g/mol. The van der Waals surface area contributed by atoms with Gasteiger partial charge in [0.1, 0.15) is 5.75 Å². The molecule has 4 heteroatoms. The van der Waals surface area contributed by atoms with Crippen LogP contribution < -0.4 is 4.74 Å². The Morgan fingerprint density at radius 1 is 1.05 bits per heavy atom. The predicted molar refractivity (Wildman–Crippen MR) is 93.7 cm³/mol. The maximum atomic E-state index is 5.83. The third kappa shape index (κ3) is 3.63. The van der Waals surface area contributed by atoms with Gasteiger partial charge in [-0.1, -0.05) is 54.6 Å². The molecule has 1 radical (unpaired) electrons. The third-order valence-electron chi connectivity index (χ3n) is 3.11. The molecule has 0 N–H and O–H groups in total. The average molecular weight is 303 g/mol. The molecule has 107 valence electrons. The van der Waals surface area contributed by atoms with Crippen molar-refractivity contribution in [3.63, 3.8) is 0 Å². The average Bonchev–Trinajstić information content (AvgIpc) is 2.98. The van der Waals surface area contributed by atoms with E-state index in [1.165, 1.54) is 0 Å². The van der Waals surface area contributed by atoms with Crippen molar-refractivity contribution in [1.29, 1.82) is 0 Å². The number of hydrogen-bond acceptors (Lipinski definition) is 3. The molecule has 0 atom stereocenters. The van der Waals surface area contributed by atoms with Crippen LogP contribution in [0.15, 0.2) is 60.0 Å². The van der Waals surface area contributed by atoms with Crippen LogP contribution in [-0.4, -0.2) is 32.8 Å². The van der Waals surface area contributed by atoms with E-state index in [-0.39, 0.29) is 25.7 Å². The van der Waals surface area contributed by atoms with E-state index in [4.69, 9.17) is 9.47 Å². The fraction of sp³-hybridized carbons (Fsp3) is 0.111. The molecule has 0 spiro atoms. The maximum absolute atomic E-state index is 5.83. The van der Waals surface area contributed by atoms with Crippen LogP contribution in [0.5, 0.6) is 5.75 Å². The van der Waals surface area contributed by atoms with E-state index in [0.717, 1.165) is 27.3 Å². The van der Waals surface area contributed by atoms with Gasteiger partial charge in [0.15, 0.2) is 6.79 Å². The number of rotatable bonds is 5. The van der Waals surface area contributed by atoms with Gasteiger partial charge in [0.05, 0.1) is 4.88 Å². The van der Waals surface area contributed by atoms with Gasteiger partial charge in [0.25, 0.3) is 0 Å². The molecule has 2 nitrogen and oxygen atoms in total. The van der Waals surface area contributed by atoms with Crippen molar-refractivity contribution in [2.24, 2.45) is 0 Å². The fourth-order valence-corrected chi connectivity index (χ4v) is 3.15. The Hall–Kier alpha value is -1.50. The van der Waals surface area contributed by atoms with Crippen molar-refractivity contribution in [2.45, 2.75) is 0 Å². The molecule has 0 aliphatic carbocycles. The molecule has 0 aliphatic rings. The summed E-state index contributed by atoms with van der Waals surface area (Å²) in [5, 5.41) is 2.12. The van der Waals surface area contributed by atoms with Gasteiger partial charge in [-0.25, -0.2) is 0 Å². The second kappa shape index (κ2) is 8.21. The Kier molecular flexibility index (Phi) is 6.30. The first kappa shape index (κ1) is 16.9. The van der Waals surface area contributed by atoms with E-state index in [2.05, 4.69) is 23.6 Å². The van der Waals surface area contributed by atoms with Crippen LogP contribution in [0.25, 0.3) is 21.6 Å². The van der Waals surface area contributed by atoms with Gasteiger partial charge in [-0.05, 0) is 11.6 Å². The van der Waals surface area contributed by atoms with Gasteiger partial charge >= 0.3 is 18.9 Å². The molecule has 0 amide bonds. The van der Waals surface area contributed by atoms with Gasteiger partial charge in [-0.3, -0.25) is 0 Å². The number of thiophene rings is 1. The minimum atomic E-state index is 0. The van der Waals surface area contributed by atoms with Crippen molar-refractivity contribution >= 4 is 30.2 Å². The normalized spacial score (nSPS) is 10.0. The quantitative estimate of drug-likeness (QED) is 0.519. The van der Waals surface area contributed by atoms with Gasteiger partial charge in [0, 0.05) is 23.6 Å². The summed E-state index contributed by atoms with van der Waals surface area (Å²) in [4.78, 5) is 1.08. The summed E-state index contributed by atoms with van der Waals surface area (Å²) in [5.41, 5.74) is 3.27. The molecule has 22 heavy (non-hydrogen) atoms. The number of hydrogen-bond donors (Lipinski definition) is 0. The minimum absolute atomic E-state index is 0. The fourth-order valence-electron chi connectivity index (χ4n) is 2.15. The Morgan fingerprint density at radius 3 is 2.50 bits per heavy atom. The summed E-state index contributed by atoms with van der Waals surface area (Å²) >= 11 is 1.66. The van der Waals surface area contributed by atoms with Crippen molar-refractivity contribution in [3.05, 3.63) is 66.0 Å². The molecule has 1 aromatic heterocycles. The second-order valence-electron chi connectivity index (χ2n) is 4.50. The molecule has 0 aliphatic heterocycles. The Bertz CT molecular complexity index is 639. The number of methoxy groups -OCH3 is 1. The number of benzene rings is 2. The van der Waals surface area contributed by atoms with Crippen LogP contribution >= 0.6 is 11.3 Å². The summed E-state index contributed by atoms with van der Waals surface area (Å²) in [6.07, 6.45) is 0. The standard InChI is InChI=1S/C18H15O2S.Li.H/c1-19-13-20-17-16(14-8-4-2-5-9-14)12-21-18(17)15-10-6-3-7-11-15;;/h2-10,12H,13H2,1H3;;. The molecule has 1 heterocycles. The molecule has 0 saturated heterocycles. The summed E-state index contributed by atoms with van der Waals surface area (Å²) in [6.45, 7) is 0.233. The van der Waals surface area contributed by atoms with Crippen LogP contribution in [0, 0.1) is 6.07 Å². The van der Waals surface area contributed by atoms with E-state index < -0.39 is 0 Å². The first-order valence-corrected chi connectivity index (χ1v) is 7.54. The zero-order valence-corrected chi connectivity index (χ0v) is 12.5. The van der Waals surface area contributed by atoms with E-state index in [0.29, 0.717) is 0 Å². The van der Waals surface area contributed by atoms with Gasteiger partial charge in [-0.2, -0.15) is 0 Å². The van der Waals surface area contributed by atoms with E-state index in [1.807, 2.05) is 42.5 Å². The summed E-state index contributed by atoms with van der Waals surface area (Å²) < 4.78 is 10.9. The monoisotopic (exact) mass is 303 g/mol. The van der Waals surface area contributed by atoms with Crippen molar-refractivity contribution < 1.29 is 9.47 Å². The molecule has 2 aromatic carbocycles. The Morgan fingerprint density at radius 2 is 1.82 bits per heavy atom. The van der Waals surface area contributed by atoms with Crippen LogP contribution in [0.1, 0.15) is 0 Å². The second-order valence-corrected chi connectivity index (χ2v) is 5.38. The molecule has 3 aromatic rings. The summed E-state index contributed by atoms with van der Waals surface area (Å²) in [5.74, 6) is 0.857. The van der Waals surface area contributed by atoms with Gasteiger partial charge < -0.3 is 9.47 Å². The number of ether oxygens (including phenoxy) is 2. The van der Waals surface area contributed by atoms with E-state index >= 15 is 0 Å². The molecule has 0 unspecified atom stereocenters. The van der Waals surface area contributed by atoms with E-state index in [1.54, 1.807) is 18.4 Å². The summed E-state index contributed by atoms with van der Waals surface area (Å²) in [6, 6.07) is 21.4. The SMILES string of the molecule is COCOc1c(-c2ccccc2)csc1-c1[c]cccc1.[LiH]. The van der Waals surface area contributed by atoms with E-state index in [9.17, 15) is 0 Å². The van der Waals surface area contributed by atoms with Gasteiger partial charge in [-0.15, -0.1) is 11.3 Å². The van der Waals surface area contributed by atoms with Crippen LogP contribution in [0.2, 0.25) is 0 Å². The Balaban J connectivity index is 0.00000176. The zero-order valence-electron chi connectivity index (χ0n) is 11.7. The van der Waals surface area contributed by atoms with Crippen LogP contribution in [0.3, 0.4) is 0 Å². The molecule has 3 rings (SSSR count). The zero-order chi connectivity index (χ0) is 14.5. The predicted octanol–water partition coefficient (Wildman–Crippen LogP) is 4.22. The molecular formula is C18H16LiO2S. The summed E-state index contributed by atoms with van der Waals surface area (Å²) in [7, 11) is 1.63. The van der Waals surface area contributed by atoms with Crippen molar-refractivity contribution in [3.8, 4) is 27.3 Å². The van der Waals surface area contributed by atoms with Crippen molar-refractivity contribution in [1.82, 2.24) is 0 Å². The Labute approximate surface area is 146 Å². The van der Waals surface area contributed by atoms with Gasteiger partial charge in [0.2, 0.25) is 0 Å². The first-order valence-electron chi connectivity index (χ1n) is 6.66. The molecule has 0 bridgehead atoms. The third-order valence-corrected chi connectivity index (χ3v) is 4.10. The van der Waals surface area contributed by atoms with Crippen LogP contribution in [-0.2, 0) is 4.74 Å². The molecule has 0 saturated carbocycles. The van der Waals surface area contributed by atoms with Crippen LogP contribution in [0.4, 0.5) is 0 Å². The molecule has 0 fully saturated rings. The first-order chi connectivity index (χ1) is 10.4. The van der Waals surface area contributed by atoms with Crippen molar-refractivity contribution in [2.75, 3.05) is 13.9 Å².